The van der Waals surface area contributed by atoms with Gasteiger partial charge < -0.3 is 14.0 Å². The maximum Gasteiger partial charge on any atom is 0.325 e. The summed E-state index contributed by atoms with van der Waals surface area (Å²) in [7, 11) is -3.30. The third-order valence-electron chi connectivity index (χ3n) is 7.01. The van der Waals surface area contributed by atoms with Crippen molar-refractivity contribution in [1.82, 2.24) is 9.55 Å². The van der Waals surface area contributed by atoms with Crippen LogP contribution in [0.1, 0.15) is 73.8 Å². The molecule has 0 radical (unpaired) electrons. The van der Waals surface area contributed by atoms with Gasteiger partial charge in [-0.25, -0.2) is 13.4 Å². The van der Waals surface area contributed by atoms with Gasteiger partial charge in [0.2, 0.25) is 0 Å². The first-order valence-electron chi connectivity index (χ1n) is 12.9. The molecular formula is C27H34N2O7S. The molecule has 10 heteroatoms. The van der Waals surface area contributed by atoms with Crippen LogP contribution in [0.3, 0.4) is 0 Å². The number of benzene rings is 1. The van der Waals surface area contributed by atoms with Gasteiger partial charge in [-0.1, -0.05) is 12.1 Å². The number of nitrogens with zero attached hydrogens (tertiary/aromatic N) is 2. The van der Waals surface area contributed by atoms with Crippen LogP contribution in [-0.2, 0) is 35.4 Å². The molecular weight excluding hydrogens is 496 g/mol. The van der Waals surface area contributed by atoms with Gasteiger partial charge in [0, 0.05) is 38.2 Å². The molecule has 200 valence electrons. The van der Waals surface area contributed by atoms with Crippen molar-refractivity contribution < 1.29 is 32.3 Å². The Bertz CT molecular complexity index is 1210. The van der Waals surface area contributed by atoms with Crippen molar-refractivity contribution in [3.05, 3.63) is 48.0 Å². The maximum absolute atomic E-state index is 13.4. The summed E-state index contributed by atoms with van der Waals surface area (Å²) < 4.78 is 37.0. The van der Waals surface area contributed by atoms with Crippen LogP contribution in [0.4, 0.5) is 0 Å². The number of Topliss-reactive ketones (excluding diaryl/α,β-unsaturated/α-hetero) is 2. The fraction of sp³-hybridized carbons (Fsp3) is 0.556. The minimum absolute atomic E-state index is 0.00761. The van der Waals surface area contributed by atoms with E-state index in [4.69, 9.17) is 9.47 Å². The number of imidazole rings is 1. The summed E-state index contributed by atoms with van der Waals surface area (Å²) in [5.74, 6) is -0.835. The molecule has 2 heterocycles. The minimum atomic E-state index is -3.30. The number of esters is 1. The van der Waals surface area contributed by atoms with Crippen LogP contribution in [0.25, 0.3) is 0 Å². The number of ether oxygens (including phenoxy) is 2. The molecule has 2 fully saturated rings. The summed E-state index contributed by atoms with van der Waals surface area (Å²) in [5.41, 5.74) is 0.977. The molecule has 4 rings (SSSR count). The van der Waals surface area contributed by atoms with Gasteiger partial charge in [0.05, 0.1) is 23.1 Å². The van der Waals surface area contributed by atoms with Crippen LogP contribution < -0.4 is 0 Å². The Balaban J connectivity index is 1.42. The summed E-state index contributed by atoms with van der Waals surface area (Å²) in [4.78, 5) is 42.1. The number of sulfone groups is 1. The number of hydrogen-bond acceptors (Lipinski definition) is 8. The van der Waals surface area contributed by atoms with Crippen molar-refractivity contribution in [1.29, 1.82) is 0 Å². The lowest BCUT2D eigenvalue weighted by Crippen LogP contribution is -2.22. The first kappa shape index (κ1) is 27.2. The highest BCUT2D eigenvalue weighted by Crippen LogP contribution is 2.35. The third-order valence-corrected chi connectivity index (χ3v) is 9.29. The van der Waals surface area contributed by atoms with Crippen LogP contribution in [0.15, 0.2) is 41.7 Å². The van der Waals surface area contributed by atoms with Gasteiger partial charge in [-0.3, -0.25) is 14.4 Å². The van der Waals surface area contributed by atoms with E-state index in [1.807, 2.05) is 0 Å². The first-order chi connectivity index (χ1) is 17.8. The smallest absolute Gasteiger partial charge is 0.325 e. The second kappa shape index (κ2) is 12.1. The van der Waals surface area contributed by atoms with Crippen molar-refractivity contribution in [3.63, 3.8) is 0 Å². The fourth-order valence-corrected chi connectivity index (χ4v) is 6.37. The van der Waals surface area contributed by atoms with Gasteiger partial charge in [-0.2, -0.15) is 0 Å². The summed E-state index contributed by atoms with van der Waals surface area (Å²) >= 11 is 0. The van der Waals surface area contributed by atoms with Gasteiger partial charge in [0.1, 0.15) is 18.0 Å². The van der Waals surface area contributed by atoms with Crippen LogP contribution >= 0.6 is 0 Å². The lowest BCUT2D eigenvalue weighted by Gasteiger charge is -2.26. The Morgan fingerprint density at radius 3 is 2.43 bits per heavy atom. The molecule has 1 atom stereocenters. The largest absolute Gasteiger partial charge is 0.465 e. The van der Waals surface area contributed by atoms with Crippen molar-refractivity contribution in [2.75, 3.05) is 19.8 Å². The third kappa shape index (κ3) is 7.13. The molecule has 37 heavy (non-hydrogen) atoms. The molecule has 1 aliphatic heterocycles. The van der Waals surface area contributed by atoms with Crippen molar-refractivity contribution >= 4 is 27.4 Å². The number of carbonyl (C=O) groups is 3. The highest BCUT2D eigenvalue weighted by Gasteiger charge is 2.37. The van der Waals surface area contributed by atoms with Crippen LogP contribution in [0, 0.1) is 5.92 Å². The van der Waals surface area contributed by atoms with Crippen LogP contribution in [-0.4, -0.2) is 60.6 Å². The molecule has 1 saturated heterocycles. The Morgan fingerprint density at radius 1 is 1.08 bits per heavy atom. The minimum Gasteiger partial charge on any atom is -0.465 e. The number of ketones is 2. The van der Waals surface area contributed by atoms with E-state index in [1.165, 1.54) is 17.1 Å². The number of aromatic nitrogens is 2. The van der Waals surface area contributed by atoms with Gasteiger partial charge in [-0.15, -0.1) is 0 Å². The van der Waals surface area contributed by atoms with E-state index < -0.39 is 21.7 Å². The van der Waals surface area contributed by atoms with E-state index in [0.29, 0.717) is 43.3 Å². The van der Waals surface area contributed by atoms with Crippen LogP contribution in [0.2, 0.25) is 0 Å². The summed E-state index contributed by atoms with van der Waals surface area (Å²) in [6.45, 7) is 3.29. The number of carbonyl (C=O) groups excluding carboxylic acids is 3. The molecule has 2 aliphatic rings. The highest BCUT2D eigenvalue weighted by molar-refractivity contribution is 7.92. The highest BCUT2D eigenvalue weighted by atomic mass is 32.2. The first-order valence-corrected chi connectivity index (χ1v) is 14.5. The zero-order chi connectivity index (χ0) is 26.4. The Labute approximate surface area is 217 Å². The van der Waals surface area contributed by atoms with Crippen LogP contribution in [0.5, 0.6) is 0 Å². The van der Waals surface area contributed by atoms with Crippen molar-refractivity contribution in [2.45, 2.75) is 74.5 Å². The van der Waals surface area contributed by atoms with Gasteiger partial charge in [-0.05, 0) is 62.6 Å². The quantitative estimate of drug-likeness (QED) is 0.285. The normalized spacial score (nSPS) is 17.3. The Morgan fingerprint density at radius 2 is 1.78 bits per heavy atom. The second-order valence-electron chi connectivity index (χ2n) is 9.78. The van der Waals surface area contributed by atoms with Crippen molar-refractivity contribution in [3.8, 4) is 0 Å². The Kier molecular flexibility index (Phi) is 8.91. The van der Waals surface area contributed by atoms with E-state index in [9.17, 15) is 22.8 Å². The van der Waals surface area contributed by atoms with E-state index in [1.54, 1.807) is 31.2 Å². The zero-order valence-corrected chi connectivity index (χ0v) is 22.0. The average Bonchev–Trinajstić information content (AvgIpc) is 3.67. The molecule has 1 saturated carbocycles. The maximum atomic E-state index is 13.4. The zero-order valence-electron chi connectivity index (χ0n) is 21.1. The molecule has 1 aromatic heterocycles. The number of rotatable bonds is 13. The number of hydrogen-bond donors (Lipinski definition) is 0. The predicted octanol–water partition coefficient (Wildman–Crippen LogP) is 3.51. The fourth-order valence-electron chi connectivity index (χ4n) is 4.71. The summed E-state index contributed by atoms with van der Waals surface area (Å²) in [5, 5.41) is -0.287. The van der Waals surface area contributed by atoms with Crippen molar-refractivity contribution in [2.24, 2.45) is 5.92 Å². The topological polar surface area (TPSA) is 122 Å². The standard InChI is InChI=1S/C27H34N2O7S/c1-2-36-27(32)17-29-16-24(28-18-29)26(31)10-9-25(30)23(15-19-11-13-35-14-12-19)20-3-5-21(6-4-20)37(33,34)22-7-8-22/h3-6,16,18-19,22-23H,2,7-15,17H2,1H3. The van der Waals surface area contributed by atoms with E-state index in [-0.39, 0.29) is 48.5 Å². The lowest BCUT2D eigenvalue weighted by molar-refractivity contribution is -0.143. The second-order valence-corrected chi connectivity index (χ2v) is 12.0. The molecule has 1 aliphatic carbocycles. The van der Waals surface area contributed by atoms with Gasteiger partial charge >= 0.3 is 5.97 Å². The molecule has 9 nitrogen and oxygen atoms in total. The van der Waals surface area contributed by atoms with Gasteiger partial charge in [0.15, 0.2) is 15.6 Å². The molecule has 0 bridgehead atoms. The van der Waals surface area contributed by atoms with E-state index >= 15 is 0 Å². The molecule has 0 spiro atoms. The van der Waals surface area contributed by atoms with E-state index in [0.717, 1.165) is 18.4 Å². The summed E-state index contributed by atoms with van der Waals surface area (Å²) in [6, 6.07) is 6.70. The molecule has 0 amide bonds. The Hall–Kier alpha value is -2.85. The van der Waals surface area contributed by atoms with Gasteiger partial charge in [0.25, 0.3) is 0 Å². The predicted molar refractivity (Wildman–Crippen MR) is 135 cm³/mol. The molecule has 2 aromatic rings. The molecule has 0 N–H and O–H groups in total. The SMILES string of the molecule is CCOC(=O)Cn1cnc(C(=O)CCC(=O)C(CC2CCOCC2)c2ccc(S(=O)(=O)C3CC3)cc2)c1. The van der Waals surface area contributed by atoms with E-state index in [2.05, 4.69) is 4.98 Å². The lowest BCUT2D eigenvalue weighted by atomic mass is 9.81. The molecule has 1 unspecified atom stereocenters. The molecule has 1 aromatic carbocycles. The monoisotopic (exact) mass is 530 g/mol. The average molecular weight is 531 g/mol. The summed E-state index contributed by atoms with van der Waals surface area (Å²) in [6.07, 6.45) is 6.73.